The highest BCUT2D eigenvalue weighted by Crippen LogP contribution is 2.21. The standard InChI is InChI=1S/C47H51N3O6/c1-3-5-7-9-11-32-53-40-28-20-38(21-29-40)48-34-36-16-24-42(25-17-36)55-46(51)44-14-13-15-45(50-44)47(52)56-43-26-18-37(19-27-43)35-49-39-22-30-41(31-23-39)54-33-12-10-8-6-4-2/h13-31,34-35H,3-12,32-33H2,1-2H3. The van der Waals surface area contributed by atoms with Gasteiger partial charge in [0.05, 0.1) is 24.6 Å². The van der Waals surface area contributed by atoms with E-state index in [2.05, 4.69) is 28.8 Å². The molecule has 0 aliphatic rings. The van der Waals surface area contributed by atoms with Crippen LogP contribution in [0.25, 0.3) is 0 Å². The number of pyridine rings is 1. The summed E-state index contributed by atoms with van der Waals surface area (Å²) in [5.74, 6) is 0.928. The van der Waals surface area contributed by atoms with Gasteiger partial charge < -0.3 is 18.9 Å². The fourth-order valence-electron chi connectivity index (χ4n) is 5.57. The molecule has 0 radical (unpaired) electrons. The van der Waals surface area contributed by atoms with Gasteiger partial charge >= 0.3 is 11.9 Å². The molecule has 290 valence electrons. The molecule has 56 heavy (non-hydrogen) atoms. The van der Waals surface area contributed by atoms with Crippen LogP contribution in [0.15, 0.2) is 125 Å². The molecule has 0 N–H and O–H groups in total. The van der Waals surface area contributed by atoms with E-state index in [9.17, 15) is 9.59 Å². The molecule has 1 heterocycles. The maximum Gasteiger partial charge on any atom is 0.362 e. The molecule has 5 aromatic rings. The van der Waals surface area contributed by atoms with Crippen molar-refractivity contribution in [3.8, 4) is 23.0 Å². The van der Waals surface area contributed by atoms with E-state index in [0.717, 1.165) is 60.1 Å². The lowest BCUT2D eigenvalue weighted by molar-refractivity contribution is 0.0722. The van der Waals surface area contributed by atoms with Crippen LogP contribution < -0.4 is 18.9 Å². The molecule has 0 saturated carbocycles. The largest absolute Gasteiger partial charge is 0.494 e. The summed E-state index contributed by atoms with van der Waals surface area (Å²) in [6.07, 6.45) is 15.5. The number of aromatic nitrogens is 1. The van der Waals surface area contributed by atoms with Crippen molar-refractivity contribution in [2.45, 2.75) is 78.1 Å². The number of hydrogen-bond acceptors (Lipinski definition) is 9. The molecule has 9 nitrogen and oxygen atoms in total. The van der Waals surface area contributed by atoms with Crippen LogP contribution in [0.4, 0.5) is 11.4 Å². The highest BCUT2D eigenvalue weighted by Gasteiger charge is 2.16. The Morgan fingerprint density at radius 3 is 1.25 bits per heavy atom. The molecule has 0 bridgehead atoms. The predicted octanol–water partition coefficient (Wildman–Crippen LogP) is 11.7. The number of esters is 2. The molecule has 0 amide bonds. The van der Waals surface area contributed by atoms with Gasteiger partial charge in [-0.25, -0.2) is 14.6 Å². The van der Waals surface area contributed by atoms with Crippen LogP contribution in [0.1, 0.15) is 110 Å². The minimum Gasteiger partial charge on any atom is -0.494 e. The molecule has 9 heteroatoms. The van der Waals surface area contributed by atoms with E-state index < -0.39 is 11.9 Å². The Labute approximate surface area is 330 Å². The van der Waals surface area contributed by atoms with Crippen molar-refractivity contribution in [1.82, 2.24) is 4.98 Å². The lowest BCUT2D eigenvalue weighted by Crippen LogP contribution is -2.15. The molecule has 4 aromatic carbocycles. The Kier molecular flexibility index (Phi) is 16.9. The van der Waals surface area contributed by atoms with Crippen LogP contribution in [-0.4, -0.2) is 42.6 Å². The van der Waals surface area contributed by atoms with Gasteiger partial charge in [-0.15, -0.1) is 0 Å². The number of nitrogens with zero attached hydrogens (tertiary/aromatic N) is 3. The zero-order valence-corrected chi connectivity index (χ0v) is 32.4. The van der Waals surface area contributed by atoms with Crippen molar-refractivity contribution in [3.05, 3.63) is 138 Å². The number of unbranched alkanes of at least 4 members (excludes halogenated alkanes) is 8. The molecular weight excluding hydrogens is 703 g/mol. The number of carbonyl (C=O) groups excluding carboxylic acids is 2. The normalized spacial score (nSPS) is 11.2. The molecule has 0 atom stereocenters. The summed E-state index contributed by atoms with van der Waals surface area (Å²) in [5.41, 5.74) is 3.22. The van der Waals surface area contributed by atoms with E-state index in [4.69, 9.17) is 18.9 Å². The predicted molar refractivity (Wildman–Crippen MR) is 223 cm³/mol. The Hall–Kier alpha value is -6.09. The molecule has 0 fully saturated rings. The van der Waals surface area contributed by atoms with E-state index in [1.165, 1.54) is 63.5 Å². The molecule has 0 aliphatic carbocycles. The van der Waals surface area contributed by atoms with Crippen LogP contribution in [0.2, 0.25) is 0 Å². The van der Waals surface area contributed by atoms with E-state index in [1.54, 1.807) is 67.0 Å². The van der Waals surface area contributed by atoms with Gasteiger partial charge in [-0.3, -0.25) is 9.98 Å². The fourth-order valence-corrected chi connectivity index (χ4v) is 5.57. The van der Waals surface area contributed by atoms with E-state index in [-0.39, 0.29) is 11.4 Å². The number of aliphatic imine (C=N–C) groups is 2. The first-order chi connectivity index (χ1) is 27.5. The smallest absolute Gasteiger partial charge is 0.362 e. The van der Waals surface area contributed by atoms with Crippen LogP contribution in [0.5, 0.6) is 23.0 Å². The second-order valence-electron chi connectivity index (χ2n) is 13.4. The second-order valence-corrected chi connectivity index (χ2v) is 13.4. The topological polar surface area (TPSA) is 109 Å². The second kappa shape index (κ2) is 23.0. The van der Waals surface area contributed by atoms with Crippen LogP contribution in [-0.2, 0) is 0 Å². The molecule has 0 spiro atoms. The first kappa shape index (κ1) is 41.1. The van der Waals surface area contributed by atoms with Crippen molar-refractivity contribution in [2.24, 2.45) is 9.98 Å². The Morgan fingerprint density at radius 2 is 0.857 bits per heavy atom. The zero-order valence-electron chi connectivity index (χ0n) is 32.4. The molecule has 0 unspecified atom stereocenters. The van der Waals surface area contributed by atoms with Gasteiger partial charge in [-0.05, 0) is 133 Å². The van der Waals surface area contributed by atoms with Gasteiger partial charge in [-0.2, -0.15) is 0 Å². The number of hydrogen-bond donors (Lipinski definition) is 0. The summed E-state index contributed by atoms with van der Waals surface area (Å²) >= 11 is 0. The van der Waals surface area contributed by atoms with E-state index in [0.29, 0.717) is 11.5 Å². The molecule has 0 saturated heterocycles. The summed E-state index contributed by atoms with van der Waals surface area (Å²) in [6, 6.07) is 33.7. The minimum absolute atomic E-state index is 0.0254. The third-order valence-corrected chi connectivity index (χ3v) is 8.78. The van der Waals surface area contributed by atoms with Gasteiger partial charge in [0.25, 0.3) is 0 Å². The summed E-state index contributed by atoms with van der Waals surface area (Å²) < 4.78 is 22.7. The number of benzene rings is 4. The minimum atomic E-state index is -0.701. The lowest BCUT2D eigenvalue weighted by Gasteiger charge is -2.07. The van der Waals surface area contributed by atoms with Crippen molar-refractivity contribution in [3.63, 3.8) is 0 Å². The number of ether oxygens (including phenoxy) is 4. The maximum atomic E-state index is 12.9. The number of carbonyl (C=O) groups is 2. The van der Waals surface area contributed by atoms with Crippen LogP contribution in [0.3, 0.4) is 0 Å². The third-order valence-electron chi connectivity index (χ3n) is 8.78. The van der Waals surface area contributed by atoms with Crippen molar-refractivity contribution in [2.75, 3.05) is 13.2 Å². The van der Waals surface area contributed by atoms with Gasteiger partial charge in [0.15, 0.2) is 0 Å². The third kappa shape index (κ3) is 14.3. The van der Waals surface area contributed by atoms with Gasteiger partial charge in [-0.1, -0.05) is 71.3 Å². The highest BCUT2D eigenvalue weighted by molar-refractivity contribution is 5.93. The van der Waals surface area contributed by atoms with E-state index in [1.807, 2.05) is 48.5 Å². The monoisotopic (exact) mass is 753 g/mol. The highest BCUT2D eigenvalue weighted by atomic mass is 16.5. The average Bonchev–Trinajstić information content (AvgIpc) is 3.23. The quantitative estimate of drug-likeness (QED) is 0.0299. The summed E-state index contributed by atoms with van der Waals surface area (Å²) in [7, 11) is 0. The van der Waals surface area contributed by atoms with Crippen LogP contribution >= 0.6 is 0 Å². The molecule has 5 rings (SSSR count). The summed E-state index contributed by atoms with van der Waals surface area (Å²) in [6.45, 7) is 5.86. The maximum absolute atomic E-state index is 12.9. The van der Waals surface area contributed by atoms with Gasteiger partial charge in [0, 0.05) is 12.4 Å². The Morgan fingerprint density at radius 1 is 0.482 bits per heavy atom. The van der Waals surface area contributed by atoms with Crippen molar-refractivity contribution in [1.29, 1.82) is 0 Å². The number of rotatable bonds is 22. The van der Waals surface area contributed by atoms with Crippen molar-refractivity contribution < 1.29 is 28.5 Å². The molecular formula is C47H51N3O6. The Bertz CT molecular complexity index is 1850. The summed E-state index contributed by atoms with van der Waals surface area (Å²) in [4.78, 5) is 39.1. The average molecular weight is 754 g/mol. The van der Waals surface area contributed by atoms with Gasteiger partial charge in [0.2, 0.25) is 0 Å². The van der Waals surface area contributed by atoms with Gasteiger partial charge in [0.1, 0.15) is 34.4 Å². The SMILES string of the molecule is CCCCCCCOc1ccc(N=Cc2ccc(OC(=O)c3cccc(C(=O)Oc4ccc(C=Nc5ccc(OCCCCCCC)cc5)cc4)n3)cc2)cc1. The first-order valence-corrected chi connectivity index (χ1v) is 19.6. The summed E-state index contributed by atoms with van der Waals surface area (Å²) in [5, 5.41) is 0. The fraction of sp³-hybridized carbons (Fsp3) is 0.298. The first-order valence-electron chi connectivity index (χ1n) is 19.6. The van der Waals surface area contributed by atoms with Crippen molar-refractivity contribution >= 4 is 35.7 Å². The Balaban J connectivity index is 1.05. The zero-order chi connectivity index (χ0) is 39.2. The lowest BCUT2D eigenvalue weighted by atomic mass is 10.2. The van der Waals surface area contributed by atoms with E-state index >= 15 is 0 Å². The molecule has 1 aromatic heterocycles. The van der Waals surface area contributed by atoms with Crippen LogP contribution in [0, 0.1) is 0 Å². The molecule has 0 aliphatic heterocycles.